The van der Waals surface area contributed by atoms with Gasteiger partial charge in [-0.05, 0) is 68.0 Å². The Balaban J connectivity index is 0.000000421. The summed E-state index contributed by atoms with van der Waals surface area (Å²) < 4.78 is 64.5. The van der Waals surface area contributed by atoms with E-state index in [9.17, 15) is 35.9 Å². The minimum Gasteiger partial charge on any atom is -0.475 e. The maximum atomic E-state index is 13.0. The average Bonchev–Trinajstić information content (AvgIpc) is 3.37. The predicted molar refractivity (Wildman–Crippen MR) is 150 cm³/mol. The number of rotatable bonds is 6. The number of hydrogen-bond acceptors (Lipinski definition) is 7. The van der Waals surface area contributed by atoms with Gasteiger partial charge in [0.15, 0.2) is 0 Å². The van der Waals surface area contributed by atoms with Crippen LogP contribution in [0.1, 0.15) is 29.7 Å². The first-order chi connectivity index (χ1) is 20.8. The molecule has 4 rings (SSSR count). The van der Waals surface area contributed by atoms with Gasteiger partial charge in [-0.15, -0.1) is 0 Å². The van der Waals surface area contributed by atoms with Gasteiger partial charge in [0.2, 0.25) is 11.8 Å². The highest BCUT2D eigenvalue weighted by Gasteiger charge is 2.42. The number of pyridine rings is 1. The lowest BCUT2D eigenvalue weighted by Gasteiger charge is -2.41. The third kappa shape index (κ3) is 11.8. The van der Waals surface area contributed by atoms with E-state index in [-0.39, 0.29) is 23.9 Å². The number of aryl methyl sites for hydroxylation is 1. The van der Waals surface area contributed by atoms with Crippen LogP contribution in [-0.2, 0) is 32.1 Å². The molecule has 11 nitrogen and oxygen atoms in total. The molecule has 45 heavy (non-hydrogen) atoms. The second kappa shape index (κ2) is 15.9. The number of nitrogens with zero attached hydrogens (tertiary/aromatic N) is 2. The predicted octanol–water partition coefficient (Wildman–Crippen LogP) is 3.44. The van der Waals surface area contributed by atoms with Gasteiger partial charge >= 0.3 is 24.3 Å². The van der Waals surface area contributed by atoms with Crippen molar-refractivity contribution in [3.63, 3.8) is 0 Å². The lowest BCUT2D eigenvalue weighted by molar-refractivity contribution is -0.193. The molecule has 2 saturated heterocycles. The Morgan fingerprint density at radius 3 is 2.04 bits per heavy atom. The van der Waals surface area contributed by atoms with Crippen molar-refractivity contribution < 1.29 is 55.7 Å². The van der Waals surface area contributed by atoms with E-state index in [2.05, 4.69) is 43.7 Å². The summed E-state index contributed by atoms with van der Waals surface area (Å²) >= 11 is 3.46. The standard InChI is InChI=1S/C23H28BrN5O2.2C2HF3O2/c1-14-17(4-7-21(25)28-14)13-27-22(30)20-8-9-29(20)23(31)19-11-16(12-26-19)10-15-2-5-18(24)6-3-15;2*3-2(4,5)1(6)7/h2-7,16,19-20,26H,8-13H2,1H3,(H2,25,28)(H,27,30);2*(H,6,7)/t16-,19+,20-;;/m0../s1. The van der Waals surface area contributed by atoms with Crippen LogP contribution < -0.4 is 16.4 Å². The van der Waals surface area contributed by atoms with Crippen molar-refractivity contribution >= 4 is 45.5 Å². The summed E-state index contributed by atoms with van der Waals surface area (Å²) in [6.45, 7) is 3.70. The van der Waals surface area contributed by atoms with Crippen molar-refractivity contribution in [2.75, 3.05) is 18.8 Å². The topological polar surface area (TPSA) is 175 Å². The molecular formula is C27H30BrF6N5O6. The molecule has 1 aromatic carbocycles. The van der Waals surface area contributed by atoms with Crippen molar-refractivity contribution in [3.05, 3.63) is 57.7 Å². The van der Waals surface area contributed by atoms with E-state index in [0.29, 0.717) is 31.2 Å². The molecule has 0 saturated carbocycles. The summed E-state index contributed by atoms with van der Waals surface area (Å²) in [6.07, 6.45) is -7.72. The smallest absolute Gasteiger partial charge is 0.475 e. The van der Waals surface area contributed by atoms with E-state index in [1.165, 1.54) is 5.56 Å². The molecule has 2 aliphatic rings. The van der Waals surface area contributed by atoms with Crippen molar-refractivity contribution in [2.24, 2.45) is 5.92 Å². The number of anilines is 1. The van der Waals surface area contributed by atoms with Crippen LogP contribution in [0.3, 0.4) is 0 Å². The molecule has 248 valence electrons. The van der Waals surface area contributed by atoms with E-state index in [1.54, 1.807) is 11.0 Å². The van der Waals surface area contributed by atoms with Crippen LogP contribution in [0, 0.1) is 12.8 Å². The van der Waals surface area contributed by atoms with Gasteiger partial charge in [-0.3, -0.25) is 9.59 Å². The summed E-state index contributed by atoms with van der Waals surface area (Å²) in [5.74, 6) is -4.70. The lowest BCUT2D eigenvalue weighted by atomic mass is 9.95. The van der Waals surface area contributed by atoms with E-state index in [1.807, 2.05) is 25.1 Å². The summed E-state index contributed by atoms with van der Waals surface area (Å²) in [5.41, 5.74) is 8.68. The normalized spacial score (nSPS) is 19.2. The van der Waals surface area contributed by atoms with Crippen LogP contribution in [0.2, 0.25) is 0 Å². The Morgan fingerprint density at radius 2 is 1.58 bits per heavy atom. The van der Waals surface area contributed by atoms with Gasteiger partial charge in [-0.2, -0.15) is 26.3 Å². The van der Waals surface area contributed by atoms with E-state index in [4.69, 9.17) is 25.5 Å². The molecule has 1 aromatic heterocycles. The van der Waals surface area contributed by atoms with Gasteiger partial charge in [-0.1, -0.05) is 34.1 Å². The number of carboxylic acid groups (broad SMARTS) is 2. The number of nitrogens with two attached hydrogens (primary N) is 1. The third-order valence-corrected chi connectivity index (χ3v) is 7.25. The van der Waals surface area contributed by atoms with Crippen molar-refractivity contribution in [2.45, 2.75) is 57.2 Å². The van der Waals surface area contributed by atoms with E-state index >= 15 is 0 Å². The fraction of sp³-hybridized carbons (Fsp3) is 0.444. The quantitative estimate of drug-likeness (QED) is 0.281. The van der Waals surface area contributed by atoms with Gasteiger partial charge in [0.25, 0.3) is 0 Å². The SMILES string of the molecule is Cc1nc(N)ccc1CNC(=O)[C@@H]1CCN1C(=O)[C@H]1C[C@H](Cc2ccc(Br)cc2)CN1.O=C(O)C(F)(F)F.O=C(O)C(F)(F)F. The van der Waals surface area contributed by atoms with Crippen molar-refractivity contribution in [1.29, 1.82) is 0 Å². The average molecular weight is 714 g/mol. The number of benzene rings is 1. The zero-order valence-electron chi connectivity index (χ0n) is 23.6. The molecule has 18 heteroatoms. The van der Waals surface area contributed by atoms with Crippen molar-refractivity contribution in [3.8, 4) is 0 Å². The molecule has 0 unspecified atom stereocenters. The van der Waals surface area contributed by atoms with Crippen LogP contribution in [0.15, 0.2) is 40.9 Å². The number of likely N-dealkylation sites (tertiary alicyclic amines) is 1. The van der Waals surface area contributed by atoms with Crippen LogP contribution in [-0.4, -0.2) is 81.4 Å². The highest BCUT2D eigenvalue weighted by Crippen LogP contribution is 2.25. The van der Waals surface area contributed by atoms with Gasteiger partial charge in [0.1, 0.15) is 11.9 Å². The molecule has 0 bridgehead atoms. The molecule has 3 atom stereocenters. The maximum Gasteiger partial charge on any atom is 0.490 e. The number of nitrogens with one attached hydrogen (secondary N) is 2. The van der Waals surface area contributed by atoms with Crippen LogP contribution in [0.4, 0.5) is 32.2 Å². The number of nitrogen functional groups attached to an aromatic ring is 1. The Labute approximate surface area is 261 Å². The fourth-order valence-electron chi connectivity index (χ4n) is 4.33. The number of carboxylic acids is 2. The summed E-state index contributed by atoms with van der Waals surface area (Å²) in [4.78, 5) is 49.4. The molecule has 0 spiro atoms. The van der Waals surface area contributed by atoms with Crippen LogP contribution in [0.5, 0.6) is 0 Å². The Hall–Kier alpha value is -3.93. The molecular weight excluding hydrogens is 684 g/mol. The molecule has 2 aliphatic heterocycles. The number of amides is 2. The number of hydrogen-bond donors (Lipinski definition) is 5. The molecule has 0 radical (unpaired) electrons. The van der Waals surface area contributed by atoms with E-state index in [0.717, 1.165) is 35.1 Å². The Bertz CT molecular complexity index is 1340. The third-order valence-electron chi connectivity index (χ3n) is 6.72. The molecule has 6 N–H and O–H groups in total. The minimum absolute atomic E-state index is 0.0371. The summed E-state index contributed by atoms with van der Waals surface area (Å²) in [7, 11) is 0. The maximum absolute atomic E-state index is 13.0. The number of aromatic nitrogens is 1. The van der Waals surface area contributed by atoms with Gasteiger partial charge in [-0.25, -0.2) is 14.6 Å². The number of alkyl halides is 6. The first-order valence-electron chi connectivity index (χ1n) is 13.2. The zero-order chi connectivity index (χ0) is 34.1. The number of halogens is 7. The largest absolute Gasteiger partial charge is 0.490 e. The Kier molecular flexibility index (Phi) is 13.1. The monoisotopic (exact) mass is 713 g/mol. The first-order valence-corrected chi connectivity index (χ1v) is 14.0. The van der Waals surface area contributed by atoms with Gasteiger partial charge in [0.05, 0.1) is 6.04 Å². The number of carbonyl (C=O) groups excluding carboxylic acids is 2. The number of carbonyl (C=O) groups is 4. The molecule has 2 aromatic rings. The fourth-order valence-corrected chi connectivity index (χ4v) is 4.59. The Morgan fingerprint density at radius 1 is 1.02 bits per heavy atom. The second-order valence-corrected chi connectivity index (χ2v) is 10.9. The highest BCUT2D eigenvalue weighted by atomic mass is 79.9. The molecule has 2 fully saturated rings. The lowest BCUT2D eigenvalue weighted by Crippen LogP contribution is -2.61. The summed E-state index contributed by atoms with van der Waals surface area (Å²) in [5, 5.41) is 20.6. The molecule has 3 heterocycles. The molecule has 2 amide bonds. The minimum atomic E-state index is -5.08. The van der Waals surface area contributed by atoms with E-state index < -0.39 is 24.3 Å². The first kappa shape index (κ1) is 37.3. The zero-order valence-corrected chi connectivity index (χ0v) is 25.2. The van der Waals surface area contributed by atoms with Crippen LogP contribution >= 0.6 is 15.9 Å². The summed E-state index contributed by atoms with van der Waals surface area (Å²) in [6, 6.07) is 11.3. The van der Waals surface area contributed by atoms with Crippen LogP contribution in [0.25, 0.3) is 0 Å². The van der Waals surface area contributed by atoms with Gasteiger partial charge < -0.3 is 31.5 Å². The number of aliphatic carboxylic acids is 2. The van der Waals surface area contributed by atoms with Crippen molar-refractivity contribution in [1.82, 2.24) is 20.5 Å². The second-order valence-electron chi connectivity index (χ2n) is 10.0. The van der Waals surface area contributed by atoms with Gasteiger partial charge in [0, 0.05) is 23.3 Å². The highest BCUT2D eigenvalue weighted by molar-refractivity contribution is 9.10. The molecule has 0 aliphatic carbocycles.